The largest absolute Gasteiger partial charge is 0.493 e. The molecule has 0 saturated carbocycles. The van der Waals surface area contributed by atoms with Gasteiger partial charge in [-0.1, -0.05) is 0 Å². The smallest absolute Gasteiger partial charge is 0.275 e. The normalized spacial score (nSPS) is 19.5. The molecule has 1 unspecified atom stereocenters. The van der Waals surface area contributed by atoms with Crippen molar-refractivity contribution in [3.8, 4) is 5.75 Å². The van der Waals surface area contributed by atoms with Gasteiger partial charge in [0.1, 0.15) is 11.4 Å². The molecule has 1 aromatic carbocycles. The van der Waals surface area contributed by atoms with Crippen LogP contribution in [0.1, 0.15) is 46.5 Å². The molecule has 26 heavy (non-hydrogen) atoms. The molecule has 1 N–H and O–H groups in total. The van der Waals surface area contributed by atoms with Crippen molar-refractivity contribution in [2.45, 2.75) is 31.7 Å². The van der Waals surface area contributed by atoms with Gasteiger partial charge in [0.05, 0.1) is 18.4 Å². The minimum Gasteiger partial charge on any atom is -0.493 e. The molecule has 2 aliphatic rings. The van der Waals surface area contributed by atoms with Crippen LogP contribution in [0, 0.1) is 0 Å². The first-order valence-corrected chi connectivity index (χ1v) is 8.87. The van der Waals surface area contributed by atoms with Gasteiger partial charge < -0.3 is 15.0 Å². The molecule has 2 amide bonds. The van der Waals surface area contributed by atoms with Crippen LogP contribution in [-0.4, -0.2) is 45.9 Å². The van der Waals surface area contributed by atoms with Gasteiger partial charge in [-0.05, 0) is 37.5 Å². The van der Waals surface area contributed by atoms with E-state index in [1.54, 1.807) is 18.2 Å². The van der Waals surface area contributed by atoms with Crippen molar-refractivity contribution < 1.29 is 14.3 Å². The second-order valence-corrected chi connectivity index (χ2v) is 6.54. The zero-order valence-corrected chi connectivity index (χ0v) is 14.4. The number of benzene rings is 1. The Morgan fingerprint density at radius 3 is 3.00 bits per heavy atom. The summed E-state index contributed by atoms with van der Waals surface area (Å²) in [4.78, 5) is 35.2. The molecular formula is C19H20N4O3. The number of carbonyl (C=O) groups excluding carboxylic acids is 2. The summed E-state index contributed by atoms with van der Waals surface area (Å²) in [5.74, 6) is 0.171. The lowest BCUT2D eigenvalue weighted by Gasteiger charge is -2.37. The van der Waals surface area contributed by atoms with Gasteiger partial charge in [-0.15, -0.1) is 0 Å². The van der Waals surface area contributed by atoms with Crippen molar-refractivity contribution in [2.24, 2.45) is 0 Å². The summed E-state index contributed by atoms with van der Waals surface area (Å²) in [7, 11) is 0. The topological polar surface area (TPSA) is 84.4 Å². The predicted octanol–water partition coefficient (Wildman–Crippen LogP) is 2.51. The third-order valence-electron chi connectivity index (χ3n) is 4.86. The number of piperidine rings is 1. The van der Waals surface area contributed by atoms with Crippen molar-refractivity contribution in [1.82, 2.24) is 14.9 Å². The van der Waals surface area contributed by atoms with E-state index in [0.717, 1.165) is 32.2 Å². The van der Waals surface area contributed by atoms with Crippen LogP contribution in [0.2, 0.25) is 0 Å². The summed E-state index contributed by atoms with van der Waals surface area (Å²) in [5.41, 5.74) is 1.25. The van der Waals surface area contributed by atoms with Crippen molar-refractivity contribution in [3.05, 3.63) is 48.0 Å². The van der Waals surface area contributed by atoms with E-state index in [1.807, 2.05) is 4.90 Å². The lowest BCUT2D eigenvalue weighted by atomic mass is 9.97. The van der Waals surface area contributed by atoms with Crippen LogP contribution in [0.5, 0.6) is 5.75 Å². The molecule has 1 atom stereocenters. The molecule has 7 nitrogen and oxygen atoms in total. The second-order valence-electron chi connectivity index (χ2n) is 6.54. The molecule has 2 aliphatic heterocycles. The fraction of sp³-hybridized carbons (Fsp3) is 0.368. The van der Waals surface area contributed by atoms with Gasteiger partial charge in [-0.3, -0.25) is 14.6 Å². The molecule has 1 fully saturated rings. The summed E-state index contributed by atoms with van der Waals surface area (Å²) in [6, 6.07) is 5.39. The Balaban J connectivity index is 1.60. The van der Waals surface area contributed by atoms with Crippen LogP contribution in [-0.2, 0) is 0 Å². The summed E-state index contributed by atoms with van der Waals surface area (Å²) in [6.45, 7) is 1.37. The van der Waals surface area contributed by atoms with Crippen LogP contribution < -0.4 is 10.1 Å². The van der Waals surface area contributed by atoms with Crippen molar-refractivity contribution in [2.75, 3.05) is 18.5 Å². The number of amides is 2. The second kappa shape index (κ2) is 7.11. The zero-order valence-electron chi connectivity index (χ0n) is 14.4. The number of rotatable bonds is 2. The highest BCUT2D eigenvalue weighted by Gasteiger charge is 2.31. The maximum atomic E-state index is 13.0. The highest BCUT2D eigenvalue weighted by atomic mass is 16.5. The fourth-order valence-electron chi connectivity index (χ4n) is 3.54. The molecule has 0 radical (unpaired) electrons. The van der Waals surface area contributed by atoms with E-state index in [2.05, 4.69) is 15.3 Å². The number of ether oxygens (including phenoxy) is 1. The number of aromatic nitrogens is 2. The summed E-state index contributed by atoms with van der Waals surface area (Å²) >= 11 is 0. The summed E-state index contributed by atoms with van der Waals surface area (Å²) in [6.07, 6.45) is 8.42. The number of carbonyl (C=O) groups is 2. The van der Waals surface area contributed by atoms with Gasteiger partial charge in [-0.2, -0.15) is 0 Å². The Labute approximate surface area is 151 Å². The quantitative estimate of drug-likeness (QED) is 0.898. The first kappa shape index (κ1) is 16.5. The third-order valence-corrected chi connectivity index (χ3v) is 4.86. The van der Waals surface area contributed by atoms with Gasteiger partial charge in [0, 0.05) is 37.1 Å². The molecule has 4 rings (SSSR count). The van der Waals surface area contributed by atoms with Crippen LogP contribution in [0.4, 0.5) is 5.69 Å². The van der Waals surface area contributed by atoms with Gasteiger partial charge >= 0.3 is 0 Å². The predicted molar refractivity (Wildman–Crippen MR) is 95.2 cm³/mol. The molecule has 134 valence electrons. The van der Waals surface area contributed by atoms with Gasteiger partial charge in [0.25, 0.3) is 11.8 Å². The van der Waals surface area contributed by atoms with E-state index in [-0.39, 0.29) is 23.6 Å². The Morgan fingerprint density at radius 2 is 2.15 bits per heavy atom. The Kier molecular flexibility index (Phi) is 4.51. The number of fused-ring (bicyclic) bond motifs is 2. The molecule has 0 bridgehead atoms. The average Bonchev–Trinajstić information content (AvgIpc) is 2.68. The fourth-order valence-corrected chi connectivity index (χ4v) is 3.54. The van der Waals surface area contributed by atoms with E-state index < -0.39 is 0 Å². The van der Waals surface area contributed by atoms with Gasteiger partial charge in [-0.25, -0.2) is 4.98 Å². The first-order valence-electron chi connectivity index (χ1n) is 8.87. The Morgan fingerprint density at radius 1 is 1.23 bits per heavy atom. The highest BCUT2D eigenvalue weighted by Crippen LogP contribution is 2.30. The van der Waals surface area contributed by atoms with E-state index in [4.69, 9.17) is 4.74 Å². The zero-order chi connectivity index (χ0) is 17.9. The summed E-state index contributed by atoms with van der Waals surface area (Å²) < 4.78 is 5.81. The highest BCUT2D eigenvalue weighted by molar-refractivity contribution is 6.04. The van der Waals surface area contributed by atoms with Gasteiger partial charge in [0.2, 0.25) is 0 Å². The molecule has 2 aromatic rings. The lowest BCUT2D eigenvalue weighted by molar-refractivity contribution is 0.0548. The van der Waals surface area contributed by atoms with E-state index in [1.165, 1.54) is 18.6 Å². The van der Waals surface area contributed by atoms with E-state index in [9.17, 15) is 9.59 Å². The average molecular weight is 352 g/mol. The first-order chi connectivity index (χ1) is 12.7. The van der Waals surface area contributed by atoms with Crippen LogP contribution in [0.3, 0.4) is 0 Å². The molecule has 1 aromatic heterocycles. The van der Waals surface area contributed by atoms with Crippen molar-refractivity contribution in [1.29, 1.82) is 0 Å². The maximum absolute atomic E-state index is 13.0. The monoisotopic (exact) mass is 352 g/mol. The Hall–Kier alpha value is -2.96. The summed E-state index contributed by atoms with van der Waals surface area (Å²) in [5, 5.41) is 2.77. The number of anilines is 1. The van der Waals surface area contributed by atoms with Gasteiger partial charge in [0.15, 0.2) is 0 Å². The van der Waals surface area contributed by atoms with Crippen molar-refractivity contribution >= 4 is 17.5 Å². The number of hydrogen-bond acceptors (Lipinski definition) is 5. The minimum absolute atomic E-state index is 0.0278. The molecule has 0 aliphatic carbocycles. The van der Waals surface area contributed by atoms with Crippen LogP contribution in [0.25, 0.3) is 0 Å². The Bertz CT molecular complexity index is 825. The maximum Gasteiger partial charge on any atom is 0.275 e. The minimum atomic E-state index is -0.367. The SMILES string of the molecule is O=C(Nc1ccc2c(c1)C(=O)N1CCCCC1CCO2)c1cnccn1. The van der Waals surface area contributed by atoms with Crippen molar-refractivity contribution in [3.63, 3.8) is 0 Å². The van der Waals surface area contributed by atoms with E-state index >= 15 is 0 Å². The number of nitrogens with zero attached hydrogens (tertiary/aromatic N) is 3. The standard InChI is InChI=1S/C19H20N4O3/c24-18(16-12-20-7-8-21-16)22-13-4-5-17-15(11-13)19(25)23-9-2-1-3-14(23)6-10-26-17/h4-5,7-8,11-12,14H,1-3,6,9-10H2,(H,22,24). The molecule has 7 heteroatoms. The number of nitrogens with one attached hydrogen (secondary N) is 1. The molecule has 3 heterocycles. The van der Waals surface area contributed by atoms with Crippen LogP contribution >= 0.6 is 0 Å². The molecule has 0 spiro atoms. The third kappa shape index (κ3) is 3.24. The number of hydrogen-bond donors (Lipinski definition) is 1. The molecule has 1 saturated heterocycles. The lowest BCUT2D eigenvalue weighted by Crippen LogP contribution is -2.45. The molecular weight excluding hydrogens is 332 g/mol. The van der Waals surface area contributed by atoms with E-state index in [0.29, 0.717) is 23.6 Å². The van der Waals surface area contributed by atoms with Crippen LogP contribution in [0.15, 0.2) is 36.8 Å².